The zero-order chi connectivity index (χ0) is 17.6. The second kappa shape index (κ2) is 7.98. The van der Waals surface area contributed by atoms with E-state index in [1.165, 1.54) is 17.3 Å². The number of nitrogens with zero attached hydrogens (tertiary/aromatic N) is 2. The Morgan fingerprint density at radius 3 is 2.64 bits per heavy atom. The third-order valence-corrected chi connectivity index (χ3v) is 4.37. The molecule has 0 bridgehead atoms. The molecule has 1 heterocycles. The van der Waals surface area contributed by atoms with E-state index in [2.05, 4.69) is 27.6 Å². The van der Waals surface area contributed by atoms with Crippen molar-refractivity contribution >= 4 is 23.4 Å². The van der Waals surface area contributed by atoms with Gasteiger partial charge in [0.05, 0.1) is 12.2 Å². The number of amides is 1. The summed E-state index contributed by atoms with van der Waals surface area (Å²) in [6.07, 6.45) is 0.587. The lowest BCUT2D eigenvalue weighted by atomic mass is 10.1. The number of anilines is 1. The summed E-state index contributed by atoms with van der Waals surface area (Å²) < 4.78 is 5.60. The Kier molecular flexibility index (Phi) is 5.50. The normalized spacial score (nSPS) is 10.6. The maximum Gasteiger partial charge on any atom is 0.277 e. The number of carbonyl (C=O) groups is 1. The van der Waals surface area contributed by atoms with Gasteiger partial charge in [0.15, 0.2) is 0 Å². The number of hydrogen-bond donors (Lipinski definition) is 1. The fraction of sp³-hybridized carbons (Fsp3) is 0.211. The molecule has 1 aromatic heterocycles. The molecule has 6 heteroatoms. The Balaban J connectivity index is 1.51. The predicted molar refractivity (Wildman–Crippen MR) is 98.8 cm³/mol. The van der Waals surface area contributed by atoms with Crippen molar-refractivity contribution in [2.75, 3.05) is 11.1 Å². The third-order valence-electron chi connectivity index (χ3n) is 3.55. The fourth-order valence-electron chi connectivity index (χ4n) is 2.30. The molecule has 0 aliphatic heterocycles. The van der Waals surface area contributed by atoms with Crippen LogP contribution < -0.4 is 5.32 Å². The van der Waals surface area contributed by atoms with Crippen LogP contribution in [0.4, 0.5) is 5.69 Å². The van der Waals surface area contributed by atoms with Crippen molar-refractivity contribution in [2.24, 2.45) is 0 Å². The Morgan fingerprint density at radius 1 is 1.08 bits per heavy atom. The van der Waals surface area contributed by atoms with Crippen molar-refractivity contribution in [3.8, 4) is 0 Å². The van der Waals surface area contributed by atoms with E-state index in [1.54, 1.807) is 0 Å². The number of benzene rings is 2. The van der Waals surface area contributed by atoms with Gasteiger partial charge in [-0.05, 0) is 37.1 Å². The van der Waals surface area contributed by atoms with Gasteiger partial charge in [-0.15, -0.1) is 10.2 Å². The van der Waals surface area contributed by atoms with Crippen LogP contribution in [0.1, 0.15) is 22.6 Å². The lowest BCUT2D eigenvalue weighted by Gasteiger charge is -2.04. The van der Waals surface area contributed by atoms with Crippen LogP contribution in [0.15, 0.2) is 58.2 Å². The topological polar surface area (TPSA) is 68.0 Å². The number of aromatic nitrogens is 2. The van der Waals surface area contributed by atoms with Crippen LogP contribution in [-0.2, 0) is 11.2 Å². The molecule has 0 saturated heterocycles. The summed E-state index contributed by atoms with van der Waals surface area (Å²) in [6, 6.07) is 15.9. The summed E-state index contributed by atoms with van der Waals surface area (Å²) in [5, 5.41) is 11.3. The van der Waals surface area contributed by atoms with Gasteiger partial charge in [-0.1, -0.05) is 53.7 Å². The number of rotatable bonds is 6. The highest BCUT2D eigenvalue weighted by Crippen LogP contribution is 2.19. The molecule has 1 amide bonds. The second-order valence-corrected chi connectivity index (χ2v) is 6.76. The first-order valence-electron chi connectivity index (χ1n) is 7.96. The molecular weight excluding hydrogens is 334 g/mol. The molecule has 0 unspecified atom stereocenters. The Hall–Kier alpha value is -2.60. The highest BCUT2D eigenvalue weighted by Gasteiger charge is 2.10. The summed E-state index contributed by atoms with van der Waals surface area (Å²) in [7, 11) is 0. The fourth-order valence-corrected chi connectivity index (χ4v) is 2.88. The van der Waals surface area contributed by atoms with Gasteiger partial charge in [-0.3, -0.25) is 4.79 Å². The largest absolute Gasteiger partial charge is 0.416 e. The molecule has 0 saturated carbocycles. The summed E-state index contributed by atoms with van der Waals surface area (Å²) in [4.78, 5) is 12.0. The van der Waals surface area contributed by atoms with E-state index in [4.69, 9.17) is 4.42 Å². The lowest BCUT2D eigenvalue weighted by Crippen LogP contribution is -2.13. The van der Waals surface area contributed by atoms with Gasteiger partial charge in [0, 0.05) is 5.69 Å². The molecule has 0 atom stereocenters. The number of thioether (sulfide) groups is 1. The maximum absolute atomic E-state index is 12.0. The van der Waals surface area contributed by atoms with E-state index in [0.29, 0.717) is 17.5 Å². The van der Waals surface area contributed by atoms with Gasteiger partial charge in [0.25, 0.3) is 5.22 Å². The summed E-state index contributed by atoms with van der Waals surface area (Å²) in [6.45, 7) is 4.03. The van der Waals surface area contributed by atoms with Gasteiger partial charge in [-0.25, -0.2) is 0 Å². The highest BCUT2D eigenvalue weighted by atomic mass is 32.2. The van der Waals surface area contributed by atoms with Gasteiger partial charge in [-0.2, -0.15) is 0 Å². The summed E-state index contributed by atoms with van der Waals surface area (Å²) in [5.41, 5.74) is 4.22. The van der Waals surface area contributed by atoms with Crippen molar-refractivity contribution in [2.45, 2.75) is 25.5 Å². The van der Waals surface area contributed by atoms with Crippen molar-refractivity contribution in [1.29, 1.82) is 0 Å². The Labute approximate surface area is 150 Å². The summed E-state index contributed by atoms with van der Waals surface area (Å²) in [5.74, 6) is 0.666. The summed E-state index contributed by atoms with van der Waals surface area (Å²) >= 11 is 1.23. The van der Waals surface area contributed by atoms with Gasteiger partial charge in [0.1, 0.15) is 0 Å². The number of aryl methyl sites for hydroxylation is 2. The quantitative estimate of drug-likeness (QED) is 0.678. The minimum Gasteiger partial charge on any atom is -0.416 e. The molecule has 25 heavy (non-hydrogen) atoms. The minimum atomic E-state index is -0.103. The minimum absolute atomic E-state index is 0.103. The number of nitrogens with one attached hydrogen (secondary N) is 1. The Bertz CT molecular complexity index is 859. The average Bonchev–Trinajstić information content (AvgIpc) is 3.03. The maximum atomic E-state index is 12.0. The van der Waals surface area contributed by atoms with E-state index in [0.717, 1.165) is 16.8 Å². The number of hydrogen-bond acceptors (Lipinski definition) is 5. The van der Waals surface area contributed by atoms with Crippen LogP contribution in [0.3, 0.4) is 0 Å². The first-order valence-corrected chi connectivity index (χ1v) is 8.94. The van der Waals surface area contributed by atoms with E-state index in [1.807, 2.05) is 50.2 Å². The molecule has 3 aromatic rings. The van der Waals surface area contributed by atoms with E-state index in [-0.39, 0.29) is 11.7 Å². The number of carbonyl (C=O) groups excluding carboxylic acids is 1. The molecule has 0 spiro atoms. The standard InChI is InChI=1S/C19H19N3O2S/c1-13-6-8-15(9-7-13)11-18-21-22-19(24-18)25-12-17(23)20-16-5-3-4-14(2)10-16/h3-10H,11-12H2,1-2H3,(H,20,23). The van der Waals surface area contributed by atoms with E-state index in [9.17, 15) is 4.79 Å². The van der Waals surface area contributed by atoms with Crippen LogP contribution in [0.25, 0.3) is 0 Å². The lowest BCUT2D eigenvalue weighted by molar-refractivity contribution is -0.113. The molecule has 5 nitrogen and oxygen atoms in total. The first-order chi connectivity index (χ1) is 12.1. The second-order valence-electron chi connectivity index (χ2n) is 5.83. The van der Waals surface area contributed by atoms with Crippen molar-refractivity contribution in [3.63, 3.8) is 0 Å². The SMILES string of the molecule is Cc1ccc(Cc2nnc(SCC(=O)Nc3cccc(C)c3)o2)cc1. The molecule has 0 fully saturated rings. The van der Waals surface area contributed by atoms with Gasteiger partial charge in [0.2, 0.25) is 11.8 Å². The first kappa shape index (κ1) is 17.2. The molecule has 2 aromatic carbocycles. The molecule has 3 rings (SSSR count). The molecule has 128 valence electrons. The van der Waals surface area contributed by atoms with Crippen LogP contribution in [-0.4, -0.2) is 21.9 Å². The van der Waals surface area contributed by atoms with Crippen molar-refractivity contribution in [1.82, 2.24) is 10.2 Å². The van der Waals surface area contributed by atoms with Gasteiger partial charge < -0.3 is 9.73 Å². The zero-order valence-corrected chi connectivity index (χ0v) is 15.0. The molecule has 0 aliphatic rings. The molecule has 0 radical (unpaired) electrons. The van der Waals surface area contributed by atoms with Crippen molar-refractivity contribution < 1.29 is 9.21 Å². The van der Waals surface area contributed by atoms with Crippen LogP contribution in [0.5, 0.6) is 0 Å². The zero-order valence-electron chi connectivity index (χ0n) is 14.2. The smallest absolute Gasteiger partial charge is 0.277 e. The van der Waals surface area contributed by atoms with E-state index < -0.39 is 0 Å². The third kappa shape index (κ3) is 5.19. The van der Waals surface area contributed by atoms with Crippen LogP contribution >= 0.6 is 11.8 Å². The van der Waals surface area contributed by atoms with Crippen LogP contribution in [0, 0.1) is 13.8 Å². The molecular formula is C19H19N3O2S. The van der Waals surface area contributed by atoms with E-state index >= 15 is 0 Å². The van der Waals surface area contributed by atoms with Crippen molar-refractivity contribution in [3.05, 3.63) is 71.1 Å². The molecule has 1 N–H and O–H groups in total. The Morgan fingerprint density at radius 2 is 1.88 bits per heavy atom. The molecule has 0 aliphatic carbocycles. The predicted octanol–water partition coefficient (Wildman–Crippen LogP) is 4.01. The monoisotopic (exact) mass is 353 g/mol. The van der Waals surface area contributed by atoms with Gasteiger partial charge >= 0.3 is 0 Å². The average molecular weight is 353 g/mol. The van der Waals surface area contributed by atoms with Crippen LogP contribution in [0.2, 0.25) is 0 Å². The highest BCUT2D eigenvalue weighted by molar-refractivity contribution is 7.99.